The Balaban J connectivity index is 1.64. The summed E-state index contributed by atoms with van der Waals surface area (Å²) >= 11 is 0. The van der Waals surface area contributed by atoms with E-state index in [1.165, 1.54) is 18.4 Å². The van der Waals surface area contributed by atoms with E-state index in [4.69, 9.17) is 0 Å². The van der Waals surface area contributed by atoms with E-state index in [1.807, 2.05) is 31.4 Å². The summed E-state index contributed by atoms with van der Waals surface area (Å²) in [6, 6.07) is 5.95. The molecule has 1 amide bonds. The molecule has 1 atom stereocenters. The molecule has 1 fully saturated rings. The van der Waals surface area contributed by atoms with Crippen LogP contribution in [0.1, 0.15) is 35.7 Å². The molecule has 3 rings (SSSR count). The molecule has 3 heterocycles. The highest BCUT2D eigenvalue weighted by molar-refractivity contribution is 5.94. The van der Waals surface area contributed by atoms with E-state index in [-0.39, 0.29) is 5.91 Å². The van der Waals surface area contributed by atoms with E-state index in [9.17, 15) is 4.79 Å². The van der Waals surface area contributed by atoms with Crippen molar-refractivity contribution in [2.24, 2.45) is 5.92 Å². The second kappa shape index (κ2) is 8.10. The van der Waals surface area contributed by atoms with Crippen molar-refractivity contribution in [1.29, 1.82) is 0 Å². The first-order valence-electron chi connectivity index (χ1n) is 8.98. The number of carbonyl (C=O) groups excluding carboxylic acids is 1. The highest BCUT2D eigenvalue weighted by atomic mass is 16.2. The third-order valence-corrected chi connectivity index (χ3v) is 4.82. The maximum absolute atomic E-state index is 12.7. The molecule has 0 aromatic carbocycles. The van der Waals surface area contributed by atoms with Crippen LogP contribution < -0.4 is 4.90 Å². The SMILES string of the molecule is CC1CCCN(c2cncc(C(=O)N(C)CCc3ccncc3)c2)C1. The molecule has 0 radical (unpaired) electrons. The van der Waals surface area contributed by atoms with Crippen molar-refractivity contribution in [1.82, 2.24) is 14.9 Å². The van der Waals surface area contributed by atoms with Gasteiger partial charge >= 0.3 is 0 Å². The minimum Gasteiger partial charge on any atom is -0.370 e. The van der Waals surface area contributed by atoms with Gasteiger partial charge in [0.05, 0.1) is 17.4 Å². The number of carbonyl (C=O) groups is 1. The highest BCUT2D eigenvalue weighted by Crippen LogP contribution is 2.23. The number of aromatic nitrogens is 2. The van der Waals surface area contributed by atoms with Gasteiger partial charge in [0.1, 0.15) is 0 Å². The molecule has 0 aliphatic carbocycles. The summed E-state index contributed by atoms with van der Waals surface area (Å²) in [5.41, 5.74) is 2.90. The number of nitrogens with zero attached hydrogens (tertiary/aromatic N) is 4. The van der Waals surface area contributed by atoms with Crippen molar-refractivity contribution < 1.29 is 4.79 Å². The molecular formula is C20H26N4O. The van der Waals surface area contributed by atoms with Crippen LogP contribution in [0.3, 0.4) is 0 Å². The normalized spacial score (nSPS) is 17.4. The maximum atomic E-state index is 12.7. The molecule has 5 heteroatoms. The van der Waals surface area contributed by atoms with E-state index in [0.717, 1.165) is 25.2 Å². The van der Waals surface area contributed by atoms with Crippen molar-refractivity contribution in [2.45, 2.75) is 26.2 Å². The van der Waals surface area contributed by atoms with Crippen molar-refractivity contribution in [2.75, 3.05) is 31.6 Å². The number of rotatable bonds is 5. The van der Waals surface area contributed by atoms with Crippen molar-refractivity contribution in [3.63, 3.8) is 0 Å². The number of likely N-dealkylation sites (N-methyl/N-ethyl adjacent to an activating group) is 1. The lowest BCUT2D eigenvalue weighted by Crippen LogP contribution is -2.34. The third-order valence-electron chi connectivity index (χ3n) is 4.82. The van der Waals surface area contributed by atoms with E-state index >= 15 is 0 Å². The fourth-order valence-electron chi connectivity index (χ4n) is 3.31. The minimum atomic E-state index is 0.0217. The summed E-state index contributed by atoms with van der Waals surface area (Å²) < 4.78 is 0. The highest BCUT2D eigenvalue weighted by Gasteiger charge is 2.19. The van der Waals surface area contributed by atoms with Gasteiger partial charge in [-0.2, -0.15) is 0 Å². The Morgan fingerprint density at radius 3 is 2.84 bits per heavy atom. The molecule has 2 aromatic rings. The minimum absolute atomic E-state index is 0.0217. The van der Waals surface area contributed by atoms with E-state index in [2.05, 4.69) is 21.8 Å². The Morgan fingerprint density at radius 2 is 2.08 bits per heavy atom. The smallest absolute Gasteiger partial charge is 0.255 e. The Bertz CT molecular complexity index is 704. The predicted octanol–water partition coefficient (Wildman–Crippen LogP) is 3.03. The molecule has 2 aromatic heterocycles. The molecule has 132 valence electrons. The molecular weight excluding hydrogens is 312 g/mol. The van der Waals surface area contributed by atoms with Crippen molar-refractivity contribution in [3.05, 3.63) is 54.1 Å². The molecule has 1 unspecified atom stereocenters. The van der Waals surface area contributed by atoms with Gasteiger partial charge in [-0.3, -0.25) is 14.8 Å². The van der Waals surface area contributed by atoms with E-state index in [0.29, 0.717) is 18.0 Å². The molecule has 1 aliphatic rings. The van der Waals surface area contributed by atoms with Crippen LogP contribution in [0.5, 0.6) is 0 Å². The first-order chi connectivity index (χ1) is 12.1. The zero-order valence-electron chi connectivity index (χ0n) is 15.1. The van der Waals surface area contributed by atoms with E-state index in [1.54, 1.807) is 23.5 Å². The molecule has 25 heavy (non-hydrogen) atoms. The van der Waals surface area contributed by atoms with Crippen LogP contribution in [0.4, 0.5) is 5.69 Å². The maximum Gasteiger partial charge on any atom is 0.255 e. The average Bonchev–Trinajstić information content (AvgIpc) is 2.66. The van der Waals surface area contributed by atoms with Crippen LogP contribution in [0.2, 0.25) is 0 Å². The van der Waals surface area contributed by atoms with Crippen LogP contribution in [0.25, 0.3) is 0 Å². The van der Waals surface area contributed by atoms with Crippen LogP contribution in [-0.2, 0) is 6.42 Å². The number of hydrogen-bond donors (Lipinski definition) is 0. The van der Waals surface area contributed by atoms with Gasteiger partial charge in [-0.15, -0.1) is 0 Å². The summed E-state index contributed by atoms with van der Waals surface area (Å²) in [5.74, 6) is 0.713. The fourth-order valence-corrected chi connectivity index (χ4v) is 3.31. The van der Waals surface area contributed by atoms with Crippen LogP contribution in [0, 0.1) is 5.92 Å². The lowest BCUT2D eigenvalue weighted by Gasteiger charge is -2.32. The number of hydrogen-bond acceptors (Lipinski definition) is 4. The van der Waals surface area contributed by atoms with Crippen LogP contribution in [0.15, 0.2) is 43.0 Å². The van der Waals surface area contributed by atoms with Gasteiger partial charge in [0.25, 0.3) is 5.91 Å². The summed E-state index contributed by atoms with van der Waals surface area (Å²) in [6.45, 7) is 5.04. The first-order valence-corrected chi connectivity index (χ1v) is 8.98. The summed E-state index contributed by atoms with van der Waals surface area (Å²) in [4.78, 5) is 25.2. The number of piperidine rings is 1. The lowest BCUT2D eigenvalue weighted by molar-refractivity contribution is 0.0796. The molecule has 0 N–H and O–H groups in total. The number of pyridine rings is 2. The summed E-state index contributed by atoms with van der Waals surface area (Å²) in [7, 11) is 1.85. The Labute approximate surface area is 149 Å². The molecule has 5 nitrogen and oxygen atoms in total. The molecule has 1 saturated heterocycles. The Kier molecular flexibility index (Phi) is 5.64. The Hall–Kier alpha value is -2.43. The van der Waals surface area contributed by atoms with Gasteiger partial charge < -0.3 is 9.80 Å². The van der Waals surface area contributed by atoms with Crippen LogP contribution in [-0.4, -0.2) is 47.5 Å². The molecule has 0 spiro atoms. The zero-order chi connectivity index (χ0) is 17.6. The standard InChI is InChI=1S/C20H26N4O/c1-16-4-3-10-24(15-16)19-12-18(13-22-14-19)20(25)23(2)11-7-17-5-8-21-9-6-17/h5-6,8-9,12-14,16H,3-4,7,10-11,15H2,1-2H3. The zero-order valence-corrected chi connectivity index (χ0v) is 15.1. The van der Waals surface area contributed by atoms with Gasteiger partial charge in [-0.05, 0) is 48.9 Å². The molecule has 0 bridgehead atoms. The predicted molar refractivity (Wildman–Crippen MR) is 99.7 cm³/mol. The second-order valence-corrected chi connectivity index (χ2v) is 6.96. The van der Waals surface area contributed by atoms with Crippen molar-refractivity contribution >= 4 is 11.6 Å². The molecule has 1 aliphatic heterocycles. The van der Waals surface area contributed by atoms with Gasteiger partial charge in [0, 0.05) is 45.3 Å². The number of amides is 1. The Morgan fingerprint density at radius 1 is 1.28 bits per heavy atom. The summed E-state index contributed by atoms with van der Waals surface area (Å²) in [5, 5.41) is 0. The third kappa shape index (κ3) is 4.56. The lowest BCUT2D eigenvalue weighted by atomic mass is 10.00. The van der Waals surface area contributed by atoms with Crippen molar-refractivity contribution in [3.8, 4) is 0 Å². The quantitative estimate of drug-likeness (QED) is 0.841. The number of anilines is 1. The topological polar surface area (TPSA) is 49.3 Å². The van der Waals surface area contributed by atoms with Gasteiger partial charge in [0.2, 0.25) is 0 Å². The molecule has 0 saturated carbocycles. The monoisotopic (exact) mass is 338 g/mol. The van der Waals surface area contributed by atoms with E-state index < -0.39 is 0 Å². The largest absolute Gasteiger partial charge is 0.370 e. The summed E-state index contributed by atoms with van der Waals surface area (Å²) in [6.07, 6.45) is 10.4. The first kappa shape index (κ1) is 17.4. The van der Waals surface area contributed by atoms with Gasteiger partial charge in [-0.1, -0.05) is 6.92 Å². The van der Waals surface area contributed by atoms with Crippen LogP contribution >= 0.6 is 0 Å². The average molecular weight is 338 g/mol. The fraction of sp³-hybridized carbons (Fsp3) is 0.450. The second-order valence-electron chi connectivity index (χ2n) is 6.96. The van der Waals surface area contributed by atoms with Gasteiger partial charge in [0.15, 0.2) is 0 Å². The van der Waals surface area contributed by atoms with Gasteiger partial charge in [-0.25, -0.2) is 0 Å².